The molecule has 0 spiro atoms. The number of hydrogen-bond donors (Lipinski definition) is 2. The average molecular weight is 423 g/mol. The minimum Gasteiger partial charge on any atom is -0.356 e. The summed E-state index contributed by atoms with van der Waals surface area (Å²) in [4.78, 5) is 24.5. The van der Waals surface area contributed by atoms with E-state index in [1.807, 2.05) is 44.2 Å². The Labute approximate surface area is 181 Å². The van der Waals surface area contributed by atoms with Crippen molar-refractivity contribution >= 4 is 17.6 Å². The van der Waals surface area contributed by atoms with Crippen molar-refractivity contribution in [2.45, 2.75) is 39.5 Å². The summed E-state index contributed by atoms with van der Waals surface area (Å²) in [5.41, 5.74) is 2.90. The first-order chi connectivity index (χ1) is 15.0. The fraction of sp³-hybridized carbons (Fsp3) is 0.292. The van der Waals surface area contributed by atoms with E-state index in [2.05, 4.69) is 15.7 Å². The van der Waals surface area contributed by atoms with Crippen molar-refractivity contribution in [2.24, 2.45) is 0 Å². The molecule has 0 aliphatic rings. The van der Waals surface area contributed by atoms with E-state index in [1.54, 1.807) is 16.8 Å². The van der Waals surface area contributed by atoms with E-state index in [4.69, 9.17) is 0 Å². The van der Waals surface area contributed by atoms with E-state index in [1.165, 1.54) is 12.1 Å². The van der Waals surface area contributed by atoms with Crippen LogP contribution in [0.15, 0.2) is 54.6 Å². The summed E-state index contributed by atoms with van der Waals surface area (Å²) in [5, 5.41) is 10.3. The van der Waals surface area contributed by atoms with Crippen LogP contribution in [-0.4, -0.2) is 28.1 Å². The molecular formula is C24H27FN4O2. The van der Waals surface area contributed by atoms with Crippen molar-refractivity contribution in [3.63, 3.8) is 0 Å². The largest absolute Gasteiger partial charge is 0.356 e. The third-order valence-corrected chi connectivity index (χ3v) is 4.81. The molecular weight excluding hydrogens is 395 g/mol. The number of aryl methyl sites for hydroxylation is 1. The molecule has 0 saturated heterocycles. The first-order valence-electron chi connectivity index (χ1n) is 10.5. The number of nitrogens with zero attached hydrogens (tertiary/aromatic N) is 2. The SMILES string of the molecule is CCCNC(=O)CCCC(=O)Nc1c(-c2ccccc2)c(C)nn1-c1cccc(F)c1. The molecule has 0 saturated carbocycles. The molecule has 0 fully saturated rings. The van der Waals surface area contributed by atoms with Gasteiger partial charge < -0.3 is 10.6 Å². The maximum absolute atomic E-state index is 13.8. The van der Waals surface area contributed by atoms with E-state index in [9.17, 15) is 14.0 Å². The van der Waals surface area contributed by atoms with E-state index >= 15 is 0 Å². The quantitative estimate of drug-likeness (QED) is 0.528. The summed E-state index contributed by atoms with van der Waals surface area (Å²) in [6.45, 7) is 4.48. The molecule has 2 N–H and O–H groups in total. The molecule has 6 nitrogen and oxygen atoms in total. The number of amides is 2. The Morgan fingerprint density at radius 1 is 1.03 bits per heavy atom. The summed E-state index contributed by atoms with van der Waals surface area (Å²) >= 11 is 0. The number of anilines is 1. The predicted octanol–water partition coefficient (Wildman–Crippen LogP) is 4.62. The maximum Gasteiger partial charge on any atom is 0.225 e. The number of aromatic nitrogens is 2. The summed E-state index contributed by atoms with van der Waals surface area (Å²) in [5.74, 6) is -0.185. The van der Waals surface area contributed by atoms with Gasteiger partial charge in [-0.25, -0.2) is 9.07 Å². The van der Waals surface area contributed by atoms with Crippen LogP contribution < -0.4 is 10.6 Å². The molecule has 0 unspecified atom stereocenters. The zero-order valence-electron chi connectivity index (χ0n) is 17.8. The van der Waals surface area contributed by atoms with Crippen LogP contribution >= 0.6 is 0 Å². The predicted molar refractivity (Wildman–Crippen MR) is 119 cm³/mol. The normalized spacial score (nSPS) is 10.7. The van der Waals surface area contributed by atoms with Gasteiger partial charge >= 0.3 is 0 Å². The van der Waals surface area contributed by atoms with Crippen molar-refractivity contribution in [2.75, 3.05) is 11.9 Å². The fourth-order valence-electron chi connectivity index (χ4n) is 3.34. The molecule has 0 aliphatic carbocycles. The Bertz CT molecular complexity index is 1050. The molecule has 2 aromatic carbocycles. The molecule has 0 bridgehead atoms. The molecule has 3 rings (SSSR count). The number of carbonyl (C=O) groups excluding carboxylic acids is 2. The van der Waals surface area contributed by atoms with E-state index < -0.39 is 0 Å². The summed E-state index contributed by atoms with van der Waals surface area (Å²) in [6, 6.07) is 15.7. The summed E-state index contributed by atoms with van der Waals surface area (Å²) < 4.78 is 15.4. The molecule has 3 aromatic rings. The second kappa shape index (κ2) is 10.5. The first kappa shape index (κ1) is 22.2. The Kier molecular flexibility index (Phi) is 7.54. The van der Waals surface area contributed by atoms with Crippen LogP contribution in [0.4, 0.5) is 10.2 Å². The van der Waals surface area contributed by atoms with Crippen LogP contribution in [-0.2, 0) is 9.59 Å². The van der Waals surface area contributed by atoms with Crippen LogP contribution in [0.1, 0.15) is 38.3 Å². The van der Waals surface area contributed by atoms with Crippen molar-refractivity contribution < 1.29 is 14.0 Å². The number of benzene rings is 2. The van der Waals surface area contributed by atoms with Gasteiger partial charge in [0.1, 0.15) is 11.6 Å². The molecule has 0 atom stereocenters. The number of rotatable bonds is 9. The van der Waals surface area contributed by atoms with Gasteiger partial charge in [-0.1, -0.05) is 43.3 Å². The van der Waals surface area contributed by atoms with Gasteiger partial charge in [-0.15, -0.1) is 0 Å². The van der Waals surface area contributed by atoms with Crippen LogP contribution in [0.5, 0.6) is 0 Å². The highest BCUT2D eigenvalue weighted by Crippen LogP contribution is 2.33. The van der Waals surface area contributed by atoms with Gasteiger partial charge in [0, 0.05) is 24.9 Å². The highest BCUT2D eigenvalue weighted by Gasteiger charge is 2.20. The van der Waals surface area contributed by atoms with Crippen molar-refractivity contribution in [1.29, 1.82) is 0 Å². The van der Waals surface area contributed by atoms with Crippen LogP contribution in [0, 0.1) is 12.7 Å². The first-order valence-corrected chi connectivity index (χ1v) is 10.5. The van der Waals surface area contributed by atoms with E-state index in [0.717, 1.165) is 17.5 Å². The lowest BCUT2D eigenvalue weighted by molar-refractivity contribution is -0.121. The minimum atomic E-state index is -0.387. The molecule has 7 heteroatoms. The van der Waals surface area contributed by atoms with Gasteiger partial charge in [0.2, 0.25) is 11.8 Å². The number of nitrogens with one attached hydrogen (secondary N) is 2. The molecule has 1 aromatic heterocycles. The van der Waals surface area contributed by atoms with Crippen molar-refractivity contribution in [1.82, 2.24) is 15.1 Å². The van der Waals surface area contributed by atoms with Gasteiger partial charge in [-0.05, 0) is 43.5 Å². The second-order valence-corrected chi connectivity index (χ2v) is 7.32. The van der Waals surface area contributed by atoms with Crippen molar-refractivity contribution in [3.05, 3.63) is 66.1 Å². The monoisotopic (exact) mass is 422 g/mol. The Hall–Kier alpha value is -3.48. The number of halogens is 1. The van der Waals surface area contributed by atoms with Gasteiger partial charge in [-0.3, -0.25) is 9.59 Å². The average Bonchev–Trinajstić information content (AvgIpc) is 3.08. The molecule has 0 aliphatic heterocycles. The van der Waals surface area contributed by atoms with Crippen LogP contribution in [0.25, 0.3) is 16.8 Å². The van der Waals surface area contributed by atoms with Gasteiger partial charge in [0.25, 0.3) is 0 Å². The number of hydrogen-bond acceptors (Lipinski definition) is 3. The van der Waals surface area contributed by atoms with E-state index in [-0.39, 0.29) is 24.1 Å². The molecule has 0 radical (unpaired) electrons. The van der Waals surface area contributed by atoms with E-state index in [0.29, 0.717) is 36.6 Å². The van der Waals surface area contributed by atoms with Gasteiger partial charge in [0.15, 0.2) is 0 Å². The zero-order valence-corrected chi connectivity index (χ0v) is 17.8. The minimum absolute atomic E-state index is 0.0553. The Morgan fingerprint density at radius 2 is 1.77 bits per heavy atom. The highest BCUT2D eigenvalue weighted by atomic mass is 19.1. The standard InChI is InChI=1S/C24H27FN4O2/c1-3-15-26-21(30)13-8-14-22(31)27-24-23(18-9-5-4-6-10-18)17(2)28-29(24)20-12-7-11-19(25)16-20/h4-7,9-12,16H,3,8,13-15H2,1-2H3,(H,26,30)(H,27,31). The second-order valence-electron chi connectivity index (χ2n) is 7.32. The summed E-state index contributed by atoms with van der Waals surface area (Å²) in [6.07, 6.45) is 1.80. The van der Waals surface area contributed by atoms with Gasteiger partial charge in [-0.2, -0.15) is 5.10 Å². The molecule has 31 heavy (non-hydrogen) atoms. The lowest BCUT2D eigenvalue weighted by Crippen LogP contribution is -2.24. The smallest absolute Gasteiger partial charge is 0.225 e. The topological polar surface area (TPSA) is 76.0 Å². The third kappa shape index (κ3) is 5.78. The van der Waals surface area contributed by atoms with Crippen LogP contribution in [0.2, 0.25) is 0 Å². The molecule has 1 heterocycles. The summed E-state index contributed by atoms with van der Waals surface area (Å²) in [7, 11) is 0. The van der Waals surface area contributed by atoms with Crippen molar-refractivity contribution in [3.8, 4) is 16.8 Å². The lowest BCUT2D eigenvalue weighted by atomic mass is 10.1. The maximum atomic E-state index is 13.8. The lowest BCUT2D eigenvalue weighted by Gasteiger charge is -2.12. The van der Waals surface area contributed by atoms with Gasteiger partial charge in [0.05, 0.1) is 11.4 Å². The Balaban J connectivity index is 1.85. The zero-order chi connectivity index (χ0) is 22.2. The van der Waals surface area contributed by atoms with Crippen LogP contribution in [0.3, 0.4) is 0 Å². The number of carbonyl (C=O) groups is 2. The fourth-order valence-corrected chi connectivity index (χ4v) is 3.34. The Morgan fingerprint density at radius 3 is 2.48 bits per heavy atom. The molecule has 2 amide bonds. The highest BCUT2D eigenvalue weighted by molar-refractivity contribution is 5.95. The molecule has 162 valence electrons. The third-order valence-electron chi connectivity index (χ3n) is 4.81.